The molecule has 1 spiro atoms. The van der Waals surface area contributed by atoms with Gasteiger partial charge in [0.15, 0.2) is 0 Å². The van der Waals surface area contributed by atoms with E-state index in [1.165, 1.54) is 44.2 Å². The molecule has 2 aromatic rings. The number of nitrogens with one attached hydrogen (secondary N) is 2. The molecule has 0 amide bonds. The molecule has 0 bridgehead atoms. The lowest BCUT2D eigenvalue weighted by Crippen LogP contribution is -2.56. The second-order valence-electron chi connectivity index (χ2n) is 7.48. The maximum absolute atomic E-state index is 4.17. The Labute approximate surface area is 143 Å². The largest absolute Gasteiger partial charge is 0.311 e. The Morgan fingerprint density at radius 1 is 1.33 bits per heavy atom. The zero-order valence-electron chi connectivity index (χ0n) is 14.4. The van der Waals surface area contributed by atoms with Gasteiger partial charge in [-0.25, -0.2) is 9.67 Å². The minimum atomic E-state index is 0.377. The standard InChI is InChI=1S/C19H27N5/c1-15(17-3-5-18(6-4-17)24-14-20-13-23-24)21-12-16-7-10-22-19(11-16)8-2-9-19/h3-6,13-16,21-22H,2,7-12H2,1H3. The molecule has 4 rings (SSSR count). The van der Waals surface area contributed by atoms with Crippen LogP contribution in [0.1, 0.15) is 50.6 Å². The highest BCUT2D eigenvalue weighted by Crippen LogP contribution is 2.40. The molecule has 2 heterocycles. The summed E-state index contributed by atoms with van der Waals surface area (Å²) >= 11 is 0. The summed E-state index contributed by atoms with van der Waals surface area (Å²) in [4.78, 5) is 4.00. The Morgan fingerprint density at radius 2 is 2.17 bits per heavy atom. The van der Waals surface area contributed by atoms with Gasteiger partial charge in [0, 0.05) is 11.6 Å². The summed E-state index contributed by atoms with van der Waals surface area (Å²) in [5.74, 6) is 0.809. The van der Waals surface area contributed by atoms with E-state index >= 15 is 0 Å². The molecular formula is C19H27N5. The third kappa shape index (κ3) is 3.23. The Morgan fingerprint density at radius 3 is 2.83 bits per heavy atom. The average molecular weight is 325 g/mol. The van der Waals surface area contributed by atoms with Gasteiger partial charge in [-0.15, -0.1) is 0 Å². The van der Waals surface area contributed by atoms with Crippen molar-refractivity contribution in [3.63, 3.8) is 0 Å². The molecule has 1 saturated heterocycles. The van der Waals surface area contributed by atoms with Crippen LogP contribution in [0.15, 0.2) is 36.9 Å². The summed E-state index contributed by atoms with van der Waals surface area (Å²) in [5.41, 5.74) is 2.87. The summed E-state index contributed by atoms with van der Waals surface area (Å²) in [6, 6.07) is 8.96. The number of hydrogen-bond acceptors (Lipinski definition) is 4. The predicted octanol–water partition coefficient (Wildman–Crippen LogP) is 2.84. The van der Waals surface area contributed by atoms with Gasteiger partial charge < -0.3 is 10.6 Å². The van der Waals surface area contributed by atoms with Gasteiger partial charge in [-0.05, 0) is 75.7 Å². The summed E-state index contributed by atoms with van der Waals surface area (Å²) in [5, 5.41) is 11.7. The van der Waals surface area contributed by atoms with Gasteiger partial charge in [0.25, 0.3) is 0 Å². The highest BCUT2D eigenvalue weighted by atomic mass is 15.3. The van der Waals surface area contributed by atoms with Crippen LogP contribution in [-0.2, 0) is 0 Å². The van der Waals surface area contributed by atoms with Crippen LogP contribution in [0.2, 0.25) is 0 Å². The van der Waals surface area contributed by atoms with Crippen molar-refractivity contribution < 1.29 is 0 Å². The van der Waals surface area contributed by atoms with E-state index in [2.05, 4.69) is 51.9 Å². The monoisotopic (exact) mass is 325 g/mol. The Balaban J connectivity index is 1.32. The first kappa shape index (κ1) is 15.8. The van der Waals surface area contributed by atoms with Crippen molar-refractivity contribution in [2.24, 2.45) is 5.92 Å². The lowest BCUT2D eigenvalue weighted by atomic mass is 9.68. The Bertz CT molecular complexity index is 645. The Kier molecular flexibility index (Phi) is 4.37. The molecule has 2 atom stereocenters. The van der Waals surface area contributed by atoms with E-state index in [4.69, 9.17) is 0 Å². The quantitative estimate of drug-likeness (QED) is 0.887. The van der Waals surface area contributed by atoms with Crippen molar-refractivity contribution in [1.29, 1.82) is 0 Å². The first-order chi connectivity index (χ1) is 11.7. The molecule has 2 fully saturated rings. The molecule has 1 aromatic heterocycles. The number of benzene rings is 1. The van der Waals surface area contributed by atoms with E-state index in [0.717, 1.165) is 18.2 Å². The first-order valence-electron chi connectivity index (χ1n) is 9.17. The molecule has 1 aromatic carbocycles. The van der Waals surface area contributed by atoms with Gasteiger partial charge in [-0.1, -0.05) is 12.1 Å². The van der Waals surface area contributed by atoms with Crippen LogP contribution in [0.25, 0.3) is 5.69 Å². The molecular weight excluding hydrogens is 298 g/mol. The van der Waals surface area contributed by atoms with Gasteiger partial charge in [-0.2, -0.15) is 5.10 Å². The molecule has 5 heteroatoms. The second-order valence-corrected chi connectivity index (χ2v) is 7.48. The minimum Gasteiger partial charge on any atom is -0.311 e. The molecule has 5 nitrogen and oxygen atoms in total. The molecule has 24 heavy (non-hydrogen) atoms. The second kappa shape index (κ2) is 6.65. The van der Waals surface area contributed by atoms with E-state index < -0.39 is 0 Å². The molecule has 0 radical (unpaired) electrons. The van der Waals surface area contributed by atoms with Crippen LogP contribution < -0.4 is 10.6 Å². The van der Waals surface area contributed by atoms with Crippen LogP contribution in [0.3, 0.4) is 0 Å². The number of nitrogens with zero attached hydrogens (tertiary/aromatic N) is 3. The zero-order valence-corrected chi connectivity index (χ0v) is 14.4. The van der Waals surface area contributed by atoms with Crippen LogP contribution in [-0.4, -0.2) is 33.4 Å². The van der Waals surface area contributed by atoms with Crippen LogP contribution in [0, 0.1) is 5.92 Å². The van der Waals surface area contributed by atoms with Crippen LogP contribution >= 0.6 is 0 Å². The number of aromatic nitrogens is 3. The summed E-state index contributed by atoms with van der Waals surface area (Å²) < 4.78 is 1.79. The van der Waals surface area contributed by atoms with E-state index in [0.29, 0.717) is 11.6 Å². The van der Waals surface area contributed by atoms with Crippen molar-refractivity contribution in [1.82, 2.24) is 25.4 Å². The topological polar surface area (TPSA) is 54.8 Å². The highest BCUT2D eigenvalue weighted by molar-refractivity contribution is 5.34. The third-order valence-electron chi connectivity index (χ3n) is 5.83. The van der Waals surface area contributed by atoms with Gasteiger partial charge in [0.2, 0.25) is 0 Å². The van der Waals surface area contributed by atoms with Gasteiger partial charge >= 0.3 is 0 Å². The number of piperidine rings is 1. The highest BCUT2D eigenvalue weighted by Gasteiger charge is 2.40. The zero-order chi connectivity index (χ0) is 16.4. The van der Waals surface area contributed by atoms with E-state index in [1.54, 1.807) is 17.3 Å². The van der Waals surface area contributed by atoms with Crippen molar-refractivity contribution in [2.75, 3.05) is 13.1 Å². The van der Waals surface area contributed by atoms with Crippen LogP contribution in [0.4, 0.5) is 0 Å². The predicted molar refractivity (Wildman–Crippen MR) is 95.1 cm³/mol. The van der Waals surface area contributed by atoms with Crippen molar-refractivity contribution >= 4 is 0 Å². The van der Waals surface area contributed by atoms with Crippen LogP contribution in [0.5, 0.6) is 0 Å². The summed E-state index contributed by atoms with van der Waals surface area (Å²) in [6.07, 6.45) is 10.1. The maximum Gasteiger partial charge on any atom is 0.138 e. The first-order valence-corrected chi connectivity index (χ1v) is 9.17. The molecule has 1 aliphatic carbocycles. The summed E-state index contributed by atoms with van der Waals surface area (Å²) in [6.45, 7) is 4.56. The van der Waals surface area contributed by atoms with Gasteiger partial charge in [0.1, 0.15) is 12.7 Å². The fraction of sp³-hybridized carbons (Fsp3) is 0.579. The smallest absolute Gasteiger partial charge is 0.138 e. The lowest BCUT2D eigenvalue weighted by molar-refractivity contribution is 0.105. The molecule has 2 N–H and O–H groups in total. The average Bonchev–Trinajstić information content (AvgIpc) is 3.13. The number of hydrogen-bond donors (Lipinski definition) is 2. The van der Waals surface area contributed by atoms with Crippen molar-refractivity contribution in [2.45, 2.75) is 50.6 Å². The fourth-order valence-electron chi connectivity index (χ4n) is 4.15. The van der Waals surface area contributed by atoms with Crippen molar-refractivity contribution in [3.05, 3.63) is 42.5 Å². The molecule has 2 unspecified atom stereocenters. The normalized spacial score (nSPS) is 23.8. The fourth-order valence-corrected chi connectivity index (χ4v) is 4.15. The SMILES string of the molecule is CC(NCC1CCNC2(CCC2)C1)c1ccc(-n2cncn2)cc1. The number of rotatable bonds is 5. The minimum absolute atomic E-state index is 0.377. The lowest BCUT2D eigenvalue weighted by Gasteiger charge is -2.48. The molecule has 1 aliphatic heterocycles. The third-order valence-corrected chi connectivity index (χ3v) is 5.83. The van der Waals surface area contributed by atoms with E-state index in [1.807, 2.05) is 0 Å². The Hall–Kier alpha value is -1.72. The molecule has 2 aliphatic rings. The van der Waals surface area contributed by atoms with E-state index in [9.17, 15) is 0 Å². The maximum atomic E-state index is 4.17. The van der Waals surface area contributed by atoms with E-state index in [-0.39, 0.29) is 0 Å². The van der Waals surface area contributed by atoms with Gasteiger partial charge in [0.05, 0.1) is 5.69 Å². The van der Waals surface area contributed by atoms with Gasteiger partial charge in [-0.3, -0.25) is 0 Å². The molecule has 1 saturated carbocycles. The van der Waals surface area contributed by atoms with Crippen molar-refractivity contribution in [3.8, 4) is 5.69 Å². The molecule has 128 valence electrons. The summed E-state index contributed by atoms with van der Waals surface area (Å²) in [7, 11) is 0.